The van der Waals surface area contributed by atoms with Gasteiger partial charge >= 0.3 is 0 Å². The van der Waals surface area contributed by atoms with Gasteiger partial charge in [0.05, 0.1) is 12.4 Å². The zero-order valence-electron chi connectivity index (χ0n) is 9.56. The Morgan fingerprint density at radius 3 is 2.71 bits per heavy atom. The Kier molecular flexibility index (Phi) is 6.55. The molecule has 1 nitrogen and oxygen atoms in total. The Balaban J connectivity index is 1.90. The van der Waals surface area contributed by atoms with Gasteiger partial charge in [-0.3, -0.25) is 0 Å². The van der Waals surface area contributed by atoms with E-state index in [2.05, 4.69) is 13.0 Å². The average molecular weight is 196 g/mol. The molecule has 0 fully saturated rings. The van der Waals surface area contributed by atoms with Gasteiger partial charge in [0.1, 0.15) is 0 Å². The van der Waals surface area contributed by atoms with Crippen LogP contribution >= 0.6 is 0 Å². The van der Waals surface area contributed by atoms with E-state index in [1.54, 1.807) is 0 Å². The van der Waals surface area contributed by atoms with Crippen LogP contribution in [0.2, 0.25) is 0 Å². The lowest BCUT2D eigenvalue weighted by atomic mass is 10.1. The molecule has 0 atom stereocenters. The third-order valence-corrected chi connectivity index (χ3v) is 2.78. The highest BCUT2D eigenvalue weighted by molar-refractivity contribution is 4.96. The monoisotopic (exact) mass is 196 g/mol. The second-order valence-corrected chi connectivity index (χ2v) is 4.18. The van der Waals surface area contributed by atoms with Crippen LogP contribution < -0.4 is 0 Å². The molecule has 0 saturated heterocycles. The molecule has 0 saturated carbocycles. The van der Waals surface area contributed by atoms with Crippen molar-refractivity contribution in [1.82, 2.24) is 0 Å². The van der Waals surface area contributed by atoms with Crippen LogP contribution in [0.4, 0.5) is 0 Å². The summed E-state index contributed by atoms with van der Waals surface area (Å²) in [4.78, 5) is 0. The van der Waals surface area contributed by atoms with Gasteiger partial charge in [0.15, 0.2) is 0 Å². The van der Waals surface area contributed by atoms with E-state index < -0.39 is 0 Å². The number of unbranched alkanes of at least 4 members (excludes halogenated alkanes) is 4. The minimum atomic E-state index is 0.940. The highest BCUT2D eigenvalue weighted by Gasteiger charge is 2.03. The third kappa shape index (κ3) is 5.31. The largest absolute Gasteiger partial charge is 0.498 e. The Hall–Kier alpha value is -0.460. The molecule has 0 aliphatic heterocycles. The zero-order chi connectivity index (χ0) is 10.1. The molecular formula is C13H24O. The molecular weight excluding hydrogens is 172 g/mol. The fourth-order valence-electron chi connectivity index (χ4n) is 1.85. The number of ether oxygens (including phenoxy) is 1. The van der Waals surface area contributed by atoms with Crippen LogP contribution in [-0.2, 0) is 4.74 Å². The topological polar surface area (TPSA) is 9.23 Å². The molecule has 0 N–H and O–H groups in total. The molecule has 14 heavy (non-hydrogen) atoms. The molecule has 1 aliphatic carbocycles. The summed E-state index contributed by atoms with van der Waals surface area (Å²) in [5, 5.41) is 0. The summed E-state index contributed by atoms with van der Waals surface area (Å²) in [7, 11) is 0. The molecule has 0 unspecified atom stereocenters. The SMILES string of the molecule is CCCCCCCOC1=CCCCC1. The first-order chi connectivity index (χ1) is 6.93. The van der Waals surface area contributed by atoms with Gasteiger partial charge in [0.2, 0.25) is 0 Å². The maximum absolute atomic E-state index is 5.72. The van der Waals surface area contributed by atoms with Gasteiger partial charge in [-0.15, -0.1) is 0 Å². The van der Waals surface area contributed by atoms with E-state index in [9.17, 15) is 0 Å². The molecule has 82 valence electrons. The summed E-state index contributed by atoms with van der Waals surface area (Å²) in [6.45, 7) is 3.19. The van der Waals surface area contributed by atoms with Crippen LogP contribution in [0, 0.1) is 0 Å². The van der Waals surface area contributed by atoms with E-state index in [4.69, 9.17) is 4.74 Å². The Bertz CT molecular complexity index is 161. The van der Waals surface area contributed by atoms with Crippen molar-refractivity contribution in [1.29, 1.82) is 0 Å². The van der Waals surface area contributed by atoms with Crippen molar-refractivity contribution in [3.8, 4) is 0 Å². The zero-order valence-corrected chi connectivity index (χ0v) is 9.56. The minimum Gasteiger partial charge on any atom is -0.498 e. The summed E-state index contributed by atoms with van der Waals surface area (Å²) in [5.74, 6) is 1.26. The third-order valence-electron chi connectivity index (χ3n) is 2.78. The molecule has 0 spiro atoms. The fourth-order valence-corrected chi connectivity index (χ4v) is 1.85. The molecule has 0 aromatic carbocycles. The summed E-state index contributed by atoms with van der Waals surface area (Å²) in [6, 6.07) is 0. The first-order valence-corrected chi connectivity index (χ1v) is 6.25. The Labute approximate surface area is 88.5 Å². The van der Waals surface area contributed by atoms with E-state index in [-0.39, 0.29) is 0 Å². The smallest absolute Gasteiger partial charge is 0.0919 e. The van der Waals surface area contributed by atoms with Crippen molar-refractivity contribution in [2.45, 2.75) is 64.7 Å². The van der Waals surface area contributed by atoms with E-state index in [0.717, 1.165) is 6.61 Å². The summed E-state index contributed by atoms with van der Waals surface area (Å²) in [5.41, 5.74) is 0. The standard InChI is InChI=1S/C13H24O/c1-2-3-4-5-9-12-14-13-10-7-6-8-11-13/h10H,2-9,11-12H2,1H3. The molecule has 1 heteroatoms. The molecule has 0 amide bonds. The molecule has 1 aliphatic rings. The predicted molar refractivity (Wildman–Crippen MR) is 61.3 cm³/mol. The van der Waals surface area contributed by atoms with Crippen molar-refractivity contribution in [2.24, 2.45) is 0 Å². The molecule has 0 aromatic rings. The number of allylic oxidation sites excluding steroid dienone is 2. The second kappa shape index (κ2) is 7.90. The number of hydrogen-bond acceptors (Lipinski definition) is 1. The first kappa shape index (κ1) is 11.6. The van der Waals surface area contributed by atoms with Gasteiger partial charge in [0, 0.05) is 6.42 Å². The highest BCUT2D eigenvalue weighted by atomic mass is 16.5. The van der Waals surface area contributed by atoms with Gasteiger partial charge < -0.3 is 4.74 Å². The van der Waals surface area contributed by atoms with Crippen molar-refractivity contribution in [3.05, 3.63) is 11.8 Å². The van der Waals surface area contributed by atoms with Gasteiger partial charge in [0.25, 0.3) is 0 Å². The van der Waals surface area contributed by atoms with Gasteiger partial charge in [-0.25, -0.2) is 0 Å². The fraction of sp³-hybridized carbons (Fsp3) is 0.846. The van der Waals surface area contributed by atoms with E-state index in [1.165, 1.54) is 63.5 Å². The van der Waals surface area contributed by atoms with Crippen LogP contribution in [0.15, 0.2) is 11.8 Å². The number of hydrogen-bond donors (Lipinski definition) is 0. The Morgan fingerprint density at radius 2 is 2.00 bits per heavy atom. The molecule has 0 bridgehead atoms. The van der Waals surface area contributed by atoms with E-state index in [0.29, 0.717) is 0 Å². The molecule has 0 aromatic heterocycles. The summed E-state index contributed by atoms with van der Waals surface area (Å²) in [6.07, 6.45) is 14.0. The van der Waals surface area contributed by atoms with Crippen molar-refractivity contribution >= 4 is 0 Å². The molecule has 0 radical (unpaired) electrons. The lowest BCUT2D eigenvalue weighted by Crippen LogP contribution is -1.99. The quantitative estimate of drug-likeness (QED) is 0.547. The highest BCUT2D eigenvalue weighted by Crippen LogP contribution is 2.18. The van der Waals surface area contributed by atoms with Crippen LogP contribution in [0.1, 0.15) is 64.7 Å². The number of rotatable bonds is 7. The van der Waals surface area contributed by atoms with E-state index >= 15 is 0 Å². The van der Waals surface area contributed by atoms with Gasteiger partial charge in [-0.1, -0.05) is 32.6 Å². The van der Waals surface area contributed by atoms with Crippen molar-refractivity contribution in [2.75, 3.05) is 6.61 Å². The summed E-state index contributed by atoms with van der Waals surface area (Å²) < 4.78 is 5.72. The molecule has 0 heterocycles. The average Bonchev–Trinajstić information content (AvgIpc) is 2.25. The van der Waals surface area contributed by atoms with Crippen LogP contribution in [0.3, 0.4) is 0 Å². The van der Waals surface area contributed by atoms with Gasteiger partial charge in [-0.05, 0) is 31.8 Å². The van der Waals surface area contributed by atoms with Gasteiger partial charge in [-0.2, -0.15) is 0 Å². The van der Waals surface area contributed by atoms with Crippen LogP contribution in [0.5, 0.6) is 0 Å². The summed E-state index contributed by atoms with van der Waals surface area (Å²) >= 11 is 0. The second-order valence-electron chi connectivity index (χ2n) is 4.18. The minimum absolute atomic E-state index is 0.940. The predicted octanol–water partition coefficient (Wildman–Crippen LogP) is 4.43. The van der Waals surface area contributed by atoms with Crippen LogP contribution in [-0.4, -0.2) is 6.61 Å². The lowest BCUT2D eigenvalue weighted by Gasteiger charge is -2.13. The van der Waals surface area contributed by atoms with Crippen molar-refractivity contribution in [3.63, 3.8) is 0 Å². The van der Waals surface area contributed by atoms with Crippen LogP contribution in [0.25, 0.3) is 0 Å². The van der Waals surface area contributed by atoms with E-state index in [1.807, 2.05) is 0 Å². The van der Waals surface area contributed by atoms with Crippen molar-refractivity contribution < 1.29 is 4.74 Å². The maximum Gasteiger partial charge on any atom is 0.0919 e. The Morgan fingerprint density at radius 1 is 1.14 bits per heavy atom. The maximum atomic E-state index is 5.72. The first-order valence-electron chi connectivity index (χ1n) is 6.25. The lowest BCUT2D eigenvalue weighted by molar-refractivity contribution is 0.189. The molecule has 1 rings (SSSR count). The normalized spacial score (nSPS) is 16.5.